The largest absolute Gasteiger partial charge is 0.462 e. The highest BCUT2D eigenvalue weighted by Crippen LogP contribution is 2.15. The Bertz CT molecular complexity index is 1570. The van der Waals surface area contributed by atoms with E-state index in [1.54, 1.807) is 0 Å². The SMILES string of the molecule is CC/C=C\C/C=C\C/C=C\C/C=C\C/C=C\C/C=C\C/C=C\CCCCCCCCCCCC(=O)OCC(COC(=O)CCCCCCCCCCCCCCC)OC(=O)CCCCC/C=C\C/C=C\C/C=C\CC. The van der Waals surface area contributed by atoms with Crippen LogP contribution in [0.1, 0.15) is 278 Å². The number of ether oxygens (including phenoxy) is 3. The van der Waals surface area contributed by atoms with E-state index in [1.807, 2.05) is 0 Å². The van der Waals surface area contributed by atoms with Crippen molar-refractivity contribution in [2.45, 2.75) is 284 Å². The first kappa shape index (κ1) is 70.8. The highest BCUT2D eigenvalue weighted by Gasteiger charge is 2.19. The first-order valence-electron chi connectivity index (χ1n) is 31.0. The van der Waals surface area contributed by atoms with Crippen molar-refractivity contribution >= 4 is 17.9 Å². The van der Waals surface area contributed by atoms with Gasteiger partial charge in [0.15, 0.2) is 6.10 Å². The third-order valence-electron chi connectivity index (χ3n) is 13.0. The summed E-state index contributed by atoms with van der Waals surface area (Å²) in [5.74, 6) is -0.925. The molecule has 0 aliphatic rings. The monoisotopic (exact) mass is 1040 g/mol. The summed E-state index contributed by atoms with van der Waals surface area (Å²) in [6.45, 7) is 6.39. The van der Waals surface area contributed by atoms with Crippen molar-refractivity contribution in [3.05, 3.63) is 122 Å². The molecular weight excluding hydrogens is 925 g/mol. The fourth-order valence-electron chi connectivity index (χ4n) is 8.38. The zero-order valence-corrected chi connectivity index (χ0v) is 48.8. The maximum absolute atomic E-state index is 12.8. The summed E-state index contributed by atoms with van der Waals surface area (Å²) >= 11 is 0. The van der Waals surface area contributed by atoms with Crippen LogP contribution in [-0.4, -0.2) is 37.2 Å². The minimum Gasteiger partial charge on any atom is -0.462 e. The summed E-state index contributed by atoms with van der Waals surface area (Å²) < 4.78 is 16.8. The Balaban J connectivity index is 4.26. The number of allylic oxidation sites excluding steroid dienone is 20. The molecule has 1 unspecified atom stereocenters. The predicted molar refractivity (Wildman–Crippen MR) is 325 cm³/mol. The van der Waals surface area contributed by atoms with Gasteiger partial charge < -0.3 is 14.2 Å². The van der Waals surface area contributed by atoms with Crippen molar-refractivity contribution in [1.29, 1.82) is 0 Å². The molecule has 6 heteroatoms. The minimum absolute atomic E-state index is 0.0911. The lowest BCUT2D eigenvalue weighted by Gasteiger charge is -2.18. The van der Waals surface area contributed by atoms with E-state index in [-0.39, 0.29) is 31.1 Å². The van der Waals surface area contributed by atoms with Crippen LogP contribution >= 0.6 is 0 Å². The summed E-state index contributed by atoms with van der Waals surface area (Å²) in [6, 6.07) is 0. The van der Waals surface area contributed by atoms with Crippen LogP contribution in [0.25, 0.3) is 0 Å². The molecule has 0 saturated heterocycles. The van der Waals surface area contributed by atoms with E-state index in [0.717, 1.165) is 135 Å². The number of hydrogen-bond acceptors (Lipinski definition) is 6. The summed E-state index contributed by atoms with van der Waals surface area (Å²) in [4.78, 5) is 38.2. The molecule has 0 radical (unpaired) electrons. The van der Waals surface area contributed by atoms with E-state index in [1.165, 1.54) is 103 Å². The number of rotatable bonds is 55. The molecule has 426 valence electrons. The lowest BCUT2D eigenvalue weighted by atomic mass is 10.0. The molecular formula is C69H114O6. The molecule has 6 nitrogen and oxygen atoms in total. The second kappa shape index (κ2) is 62.4. The van der Waals surface area contributed by atoms with E-state index < -0.39 is 6.10 Å². The lowest BCUT2D eigenvalue weighted by Crippen LogP contribution is -2.30. The Hall–Kier alpha value is -4.19. The van der Waals surface area contributed by atoms with Crippen LogP contribution in [0.5, 0.6) is 0 Å². The van der Waals surface area contributed by atoms with Gasteiger partial charge in [-0.2, -0.15) is 0 Å². The van der Waals surface area contributed by atoms with Gasteiger partial charge in [0.05, 0.1) is 0 Å². The van der Waals surface area contributed by atoms with Gasteiger partial charge in [-0.05, 0) is 109 Å². The number of carbonyl (C=O) groups excluding carboxylic acids is 3. The van der Waals surface area contributed by atoms with Crippen LogP contribution < -0.4 is 0 Å². The molecule has 0 aromatic rings. The molecule has 0 bridgehead atoms. The quantitative estimate of drug-likeness (QED) is 0.0261. The highest BCUT2D eigenvalue weighted by atomic mass is 16.6. The van der Waals surface area contributed by atoms with Gasteiger partial charge in [-0.3, -0.25) is 14.4 Å². The fourth-order valence-corrected chi connectivity index (χ4v) is 8.38. The maximum atomic E-state index is 12.8. The van der Waals surface area contributed by atoms with Crippen molar-refractivity contribution in [3.63, 3.8) is 0 Å². The molecule has 1 atom stereocenters. The van der Waals surface area contributed by atoms with E-state index in [9.17, 15) is 14.4 Å². The van der Waals surface area contributed by atoms with Gasteiger partial charge in [-0.15, -0.1) is 0 Å². The van der Waals surface area contributed by atoms with E-state index >= 15 is 0 Å². The number of carbonyl (C=O) groups is 3. The smallest absolute Gasteiger partial charge is 0.306 e. The van der Waals surface area contributed by atoms with Crippen LogP contribution in [0.2, 0.25) is 0 Å². The average molecular weight is 1040 g/mol. The standard InChI is InChI=1S/C69H114O6/c1-4-7-10-13-16-19-22-25-26-27-28-29-30-31-32-33-34-35-36-37-38-39-40-41-42-45-47-50-53-56-59-62-68(71)74-65-66(75-69(72)63-60-57-54-51-48-44-24-21-18-15-12-9-6-3)64-73-67(70)61-58-55-52-49-46-43-23-20-17-14-11-8-5-2/h7,9-10,12,16,18-19,21,25-26,28-29,31-32,34-35,37-38,44,48,66H,4-6,8,11,13-15,17,20,22-24,27,30,33,36,39-43,45-47,49-65H2,1-3H3/b10-7-,12-9-,19-16-,21-18-,26-25-,29-28-,32-31-,35-34-,38-37-,48-44-. The van der Waals surface area contributed by atoms with Gasteiger partial charge in [0.2, 0.25) is 0 Å². The Kier molecular flexibility index (Phi) is 58.9. The zero-order chi connectivity index (χ0) is 54.3. The Morgan fingerprint density at radius 2 is 0.520 bits per heavy atom. The molecule has 0 N–H and O–H groups in total. The lowest BCUT2D eigenvalue weighted by molar-refractivity contribution is -0.167. The number of unbranched alkanes of at least 4 members (excludes halogenated alkanes) is 24. The minimum atomic E-state index is -0.796. The molecule has 0 aliphatic carbocycles. The fraction of sp³-hybridized carbons (Fsp3) is 0.667. The van der Waals surface area contributed by atoms with Gasteiger partial charge in [0.1, 0.15) is 13.2 Å². The molecule has 0 rings (SSSR count). The Morgan fingerprint density at radius 1 is 0.280 bits per heavy atom. The molecule has 0 aliphatic heterocycles. The van der Waals surface area contributed by atoms with Gasteiger partial charge in [0, 0.05) is 19.3 Å². The van der Waals surface area contributed by atoms with Gasteiger partial charge >= 0.3 is 17.9 Å². The summed E-state index contributed by atoms with van der Waals surface area (Å²) in [5, 5.41) is 0. The second-order valence-electron chi connectivity index (χ2n) is 20.2. The normalized spacial score (nSPS) is 12.9. The van der Waals surface area contributed by atoms with Crippen LogP contribution in [-0.2, 0) is 28.6 Å². The number of hydrogen-bond donors (Lipinski definition) is 0. The van der Waals surface area contributed by atoms with Crippen molar-refractivity contribution in [3.8, 4) is 0 Å². The summed E-state index contributed by atoms with van der Waals surface area (Å²) in [6.07, 6.45) is 86.4. The van der Waals surface area contributed by atoms with Gasteiger partial charge in [-0.25, -0.2) is 0 Å². The van der Waals surface area contributed by atoms with E-state index in [0.29, 0.717) is 19.3 Å². The molecule has 0 aromatic carbocycles. The summed E-state index contributed by atoms with van der Waals surface area (Å²) in [7, 11) is 0. The zero-order valence-electron chi connectivity index (χ0n) is 48.8. The number of esters is 3. The maximum Gasteiger partial charge on any atom is 0.306 e. The Labute approximate surface area is 462 Å². The average Bonchev–Trinajstić information content (AvgIpc) is 3.41. The predicted octanol–water partition coefficient (Wildman–Crippen LogP) is 21.2. The van der Waals surface area contributed by atoms with Crippen molar-refractivity contribution in [2.24, 2.45) is 0 Å². The molecule has 0 amide bonds. The molecule has 0 spiro atoms. The molecule has 0 saturated carbocycles. The van der Waals surface area contributed by atoms with E-state index in [2.05, 4.69) is 142 Å². The van der Waals surface area contributed by atoms with Crippen molar-refractivity contribution in [1.82, 2.24) is 0 Å². The van der Waals surface area contributed by atoms with Crippen LogP contribution in [0.15, 0.2) is 122 Å². The molecule has 0 aromatic heterocycles. The van der Waals surface area contributed by atoms with Crippen LogP contribution in [0.4, 0.5) is 0 Å². The first-order chi connectivity index (χ1) is 37.0. The van der Waals surface area contributed by atoms with E-state index in [4.69, 9.17) is 14.2 Å². The second-order valence-corrected chi connectivity index (χ2v) is 20.2. The molecule has 0 heterocycles. The molecule has 0 fully saturated rings. The third kappa shape index (κ3) is 60.6. The highest BCUT2D eigenvalue weighted by molar-refractivity contribution is 5.71. The first-order valence-corrected chi connectivity index (χ1v) is 31.0. The topological polar surface area (TPSA) is 78.9 Å². The molecule has 75 heavy (non-hydrogen) atoms. The van der Waals surface area contributed by atoms with Gasteiger partial charge in [0.25, 0.3) is 0 Å². The van der Waals surface area contributed by atoms with Crippen molar-refractivity contribution in [2.75, 3.05) is 13.2 Å². The Morgan fingerprint density at radius 3 is 0.827 bits per heavy atom. The van der Waals surface area contributed by atoms with Crippen molar-refractivity contribution < 1.29 is 28.6 Å². The summed E-state index contributed by atoms with van der Waals surface area (Å²) in [5.41, 5.74) is 0. The van der Waals surface area contributed by atoms with Crippen LogP contribution in [0, 0.1) is 0 Å². The van der Waals surface area contributed by atoms with Crippen LogP contribution in [0.3, 0.4) is 0 Å². The third-order valence-corrected chi connectivity index (χ3v) is 13.0. The van der Waals surface area contributed by atoms with Gasteiger partial charge in [-0.1, -0.05) is 271 Å².